The second-order valence-electron chi connectivity index (χ2n) is 5.36. The highest BCUT2D eigenvalue weighted by atomic mass is 16.6. The fraction of sp³-hybridized carbons (Fsp3) is 0.444. The summed E-state index contributed by atoms with van der Waals surface area (Å²) in [4.78, 5) is 49.2. The van der Waals surface area contributed by atoms with Crippen molar-refractivity contribution in [1.29, 1.82) is 0 Å². The predicted molar refractivity (Wildman–Crippen MR) is 91.8 cm³/mol. The number of hydrogen-bond donors (Lipinski definition) is 1. The van der Waals surface area contributed by atoms with Crippen LogP contribution >= 0.6 is 0 Å². The van der Waals surface area contributed by atoms with Crippen molar-refractivity contribution in [3.05, 3.63) is 29.8 Å². The number of Topliss-reactive ketones (excluding diaryl/α,β-unsaturated/α-hetero) is 1. The van der Waals surface area contributed by atoms with Crippen LogP contribution in [-0.2, 0) is 23.9 Å². The molecule has 8 heteroatoms. The van der Waals surface area contributed by atoms with E-state index in [1.165, 1.54) is 19.2 Å². The van der Waals surface area contributed by atoms with Gasteiger partial charge in [-0.25, -0.2) is 9.59 Å². The van der Waals surface area contributed by atoms with Crippen molar-refractivity contribution in [2.45, 2.75) is 32.7 Å². The summed E-state index contributed by atoms with van der Waals surface area (Å²) in [6, 6.07) is 6.14. The first-order chi connectivity index (χ1) is 12.3. The number of hydrogen-bond acceptors (Lipinski definition) is 7. The number of rotatable bonds is 9. The molecule has 0 atom stereocenters. The molecule has 0 aliphatic heterocycles. The van der Waals surface area contributed by atoms with Crippen molar-refractivity contribution in [3.8, 4) is 5.75 Å². The van der Waals surface area contributed by atoms with Crippen LogP contribution in [0, 0.1) is 0 Å². The Morgan fingerprint density at radius 1 is 0.962 bits per heavy atom. The van der Waals surface area contributed by atoms with Gasteiger partial charge in [0.25, 0.3) is 0 Å². The molecule has 1 amide bonds. The minimum atomic E-state index is -2.24. The molecular formula is C18H23NO7. The van der Waals surface area contributed by atoms with Gasteiger partial charge in [0.05, 0.1) is 26.7 Å². The summed E-state index contributed by atoms with van der Waals surface area (Å²) in [7, 11) is 1.49. The molecule has 0 saturated carbocycles. The highest BCUT2D eigenvalue weighted by molar-refractivity contribution is 6.13. The number of ether oxygens (including phenoxy) is 3. The third kappa shape index (κ3) is 5.05. The van der Waals surface area contributed by atoms with Gasteiger partial charge < -0.3 is 19.5 Å². The second-order valence-corrected chi connectivity index (χ2v) is 5.36. The highest BCUT2D eigenvalue weighted by Crippen LogP contribution is 2.21. The smallest absolute Gasteiger partial charge is 0.344 e. The number of ketones is 1. The Labute approximate surface area is 151 Å². The maximum Gasteiger partial charge on any atom is 0.344 e. The fourth-order valence-electron chi connectivity index (χ4n) is 2.30. The molecule has 0 unspecified atom stereocenters. The molecule has 142 valence electrons. The largest absolute Gasteiger partial charge is 0.497 e. The number of nitrogens with one attached hydrogen (secondary N) is 1. The van der Waals surface area contributed by atoms with Crippen molar-refractivity contribution in [2.24, 2.45) is 0 Å². The van der Waals surface area contributed by atoms with Gasteiger partial charge in [-0.3, -0.25) is 9.59 Å². The Morgan fingerprint density at radius 2 is 1.46 bits per heavy atom. The van der Waals surface area contributed by atoms with E-state index in [1.54, 1.807) is 26.0 Å². The van der Waals surface area contributed by atoms with Gasteiger partial charge in [0.1, 0.15) is 5.75 Å². The molecule has 1 rings (SSSR count). The predicted octanol–water partition coefficient (Wildman–Crippen LogP) is 1.27. The first-order valence-corrected chi connectivity index (χ1v) is 8.11. The van der Waals surface area contributed by atoms with Crippen molar-refractivity contribution < 1.29 is 33.4 Å². The maximum atomic E-state index is 12.7. The Morgan fingerprint density at radius 3 is 1.85 bits per heavy atom. The molecule has 0 radical (unpaired) electrons. The minimum Gasteiger partial charge on any atom is -0.497 e. The van der Waals surface area contributed by atoms with Gasteiger partial charge in [0.2, 0.25) is 11.4 Å². The molecule has 0 heterocycles. The molecule has 1 aromatic rings. The zero-order chi connectivity index (χ0) is 19.7. The summed E-state index contributed by atoms with van der Waals surface area (Å²) in [5.74, 6) is -2.76. The van der Waals surface area contributed by atoms with E-state index in [0.717, 1.165) is 6.92 Å². The summed E-state index contributed by atoms with van der Waals surface area (Å²) in [5, 5.41) is 2.25. The zero-order valence-corrected chi connectivity index (χ0v) is 15.3. The summed E-state index contributed by atoms with van der Waals surface area (Å²) < 4.78 is 14.9. The standard InChI is InChI=1S/C18H23NO7/c1-5-25-16(22)18(19-12(3)20,17(23)26-6-2)11-15(21)13-7-9-14(24-4)10-8-13/h7-10H,5-6,11H2,1-4H3,(H,19,20). The fourth-order valence-corrected chi connectivity index (χ4v) is 2.30. The molecule has 1 aromatic carbocycles. The Balaban J connectivity index is 3.26. The molecule has 1 N–H and O–H groups in total. The van der Waals surface area contributed by atoms with E-state index in [1.807, 2.05) is 0 Å². The number of carbonyl (C=O) groups excluding carboxylic acids is 4. The van der Waals surface area contributed by atoms with Crippen LogP contribution in [0.1, 0.15) is 37.6 Å². The Hall–Kier alpha value is -2.90. The van der Waals surface area contributed by atoms with E-state index < -0.39 is 35.6 Å². The molecule has 0 fully saturated rings. The van der Waals surface area contributed by atoms with Gasteiger partial charge in [-0.15, -0.1) is 0 Å². The SMILES string of the molecule is CCOC(=O)C(CC(=O)c1ccc(OC)cc1)(NC(C)=O)C(=O)OCC. The highest BCUT2D eigenvalue weighted by Gasteiger charge is 2.51. The Kier molecular flexibility index (Phi) is 7.77. The normalized spacial score (nSPS) is 10.6. The van der Waals surface area contributed by atoms with E-state index >= 15 is 0 Å². The summed E-state index contributed by atoms with van der Waals surface area (Å²) in [5.41, 5.74) is -2.00. The first-order valence-electron chi connectivity index (χ1n) is 8.11. The quantitative estimate of drug-likeness (QED) is 0.399. The lowest BCUT2D eigenvalue weighted by Gasteiger charge is -2.29. The van der Waals surface area contributed by atoms with Gasteiger partial charge in [-0.2, -0.15) is 0 Å². The zero-order valence-electron chi connectivity index (χ0n) is 15.3. The second kappa shape index (κ2) is 9.55. The number of esters is 2. The maximum absolute atomic E-state index is 12.7. The number of carbonyl (C=O) groups is 4. The third-order valence-corrected chi connectivity index (χ3v) is 3.47. The van der Waals surface area contributed by atoms with E-state index in [0.29, 0.717) is 5.75 Å². The molecule has 26 heavy (non-hydrogen) atoms. The van der Waals surface area contributed by atoms with Crippen molar-refractivity contribution in [2.75, 3.05) is 20.3 Å². The summed E-state index contributed by atoms with van der Waals surface area (Å²) in [6.45, 7) is 4.16. The molecule has 0 bridgehead atoms. The van der Waals surface area contributed by atoms with E-state index in [2.05, 4.69) is 5.32 Å². The van der Waals surface area contributed by atoms with Gasteiger partial charge >= 0.3 is 11.9 Å². The monoisotopic (exact) mass is 365 g/mol. The van der Waals surface area contributed by atoms with E-state index in [9.17, 15) is 19.2 Å². The lowest BCUT2D eigenvalue weighted by Crippen LogP contribution is -2.62. The lowest BCUT2D eigenvalue weighted by molar-refractivity contribution is -0.167. The molecule has 0 aliphatic rings. The average molecular weight is 365 g/mol. The number of methoxy groups -OCH3 is 1. The van der Waals surface area contributed by atoms with Crippen LogP contribution in [0.25, 0.3) is 0 Å². The van der Waals surface area contributed by atoms with E-state index in [4.69, 9.17) is 14.2 Å². The number of benzene rings is 1. The molecule has 0 aromatic heterocycles. The van der Waals surface area contributed by atoms with Crippen LogP contribution < -0.4 is 10.1 Å². The lowest BCUT2D eigenvalue weighted by atomic mass is 9.89. The van der Waals surface area contributed by atoms with Gasteiger partial charge in [0, 0.05) is 12.5 Å². The minimum absolute atomic E-state index is 0.0314. The molecular weight excluding hydrogens is 342 g/mol. The van der Waals surface area contributed by atoms with Crippen LogP contribution in [0.15, 0.2) is 24.3 Å². The molecule has 0 aliphatic carbocycles. The van der Waals surface area contributed by atoms with Crippen molar-refractivity contribution in [1.82, 2.24) is 5.32 Å². The summed E-state index contributed by atoms with van der Waals surface area (Å²) >= 11 is 0. The van der Waals surface area contributed by atoms with Crippen LogP contribution in [0.3, 0.4) is 0 Å². The topological polar surface area (TPSA) is 108 Å². The van der Waals surface area contributed by atoms with Crippen molar-refractivity contribution in [3.63, 3.8) is 0 Å². The van der Waals surface area contributed by atoms with Crippen LogP contribution in [0.4, 0.5) is 0 Å². The van der Waals surface area contributed by atoms with Crippen molar-refractivity contribution >= 4 is 23.6 Å². The molecule has 8 nitrogen and oxygen atoms in total. The van der Waals surface area contributed by atoms with Gasteiger partial charge in [0.15, 0.2) is 5.78 Å². The first kappa shape index (κ1) is 21.1. The molecule has 0 spiro atoms. The van der Waals surface area contributed by atoms with Gasteiger partial charge in [-0.1, -0.05) is 0 Å². The average Bonchev–Trinajstić information content (AvgIpc) is 2.61. The van der Waals surface area contributed by atoms with Crippen LogP contribution in [0.5, 0.6) is 5.75 Å². The third-order valence-electron chi connectivity index (χ3n) is 3.47. The van der Waals surface area contributed by atoms with E-state index in [-0.39, 0.29) is 18.8 Å². The number of amides is 1. The van der Waals surface area contributed by atoms with Crippen LogP contribution in [0.2, 0.25) is 0 Å². The van der Waals surface area contributed by atoms with Gasteiger partial charge in [-0.05, 0) is 38.1 Å². The Bertz CT molecular complexity index is 649. The summed E-state index contributed by atoms with van der Waals surface area (Å²) in [6.07, 6.45) is -0.628. The van der Waals surface area contributed by atoms with Crippen LogP contribution in [-0.4, -0.2) is 49.5 Å². The molecule has 0 saturated heterocycles.